The van der Waals surface area contributed by atoms with Crippen LogP contribution in [0.5, 0.6) is 0 Å². The van der Waals surface area contributed by atoms with E-state index in [1.807, 2.05) is 0 Å². The highest BCUT2D eigenvalue weighted by Gasteiger charge is 2.57. The highest BCUT2D eigenvalue weighted by atomic mass is 16.8. The number of hydrogen-bond acceptors (Lipinski definition) is 18. The maximum atomic E-state index is 13.3. The van der Waals surface area contributed by atoms with Crippen molar-refractivity contribution in [2.45, 2.75) is 200 Å². The molecule has 332 valence electrons. The summed E-state index contributed by atoms with van der Waals surface area (Å²) in [5, 5.41) is 11.2. The molecule has 0 aliphatic carbocycles. The summed E-state index contributed by atoms with van der Waals surface area (Å²) in [6, 6.07) is 0. The number of rotatable bonds is 25. The molecule has 2 saturated heterocycles. The molecule has 0 unspecified atom stereocenters. The van der Waals surface area contributed by atoms with Gasteiger partial charge in [0.2, 0.25) is 0 Å². The molecule has 0 saturated carbocycles. The Hall–Kier alpha value is -3.87. The van der Waals surface area contributed by atoms with Gasteiger partial charge in [0.25, 0.3) is 0 Å². The molecule has 0 aromatic heterocycles. The normalized spacial score (nSPS) is 26.8. The van der Waals surface area contributed by atoms with Gasteiger partial charge >= 0.3 is 41.8 Å². The number of esters is 7. The van der Waals surface area contributed by atoms with Gasteiger partial charge in [-0.1, -0.05) is 48.5 Å². The molecule has 0 radical (unpaired) electrons. The van der Waals surface area contributed by atoms with Crippen LogP contribution >= 0.6 is 0 Å². The summed E-state index contributed by atoms with van der Waals surface area (Å²) in [4.78, 5) is 90.8. The van der Waals surface area contributed by atoms with Crippen LogP contribution in [0.25, 0.3) is 0 Å². The van der Waals surface area contributed by atoms with Crippen molar-refractivity contribution in [3.05, 3.63) is 0 Å². The van der Waals surface area contributed by atoms with Gasteiger partial charge in [0, 0.05) is 44.9 Å². The van der Waals surface area contributed by atoms with Crippen molar-refractivity contribution in [3.8, 4) is 0 Å². The topological polar surface area (TPSA) is 232 Å². The van der Waals surface area contributed by atoms with E-state index >= 15 is 0 Å². The third-order valence-electron chi connectivity index (χ3n) is 8.83. The monoisotopic (exact) mass is 832 g/mol. The van der Waals surface area contributed by atoms with Gasteiger partial charge < -0.3 is 52.5 Å². The minimum atomic E-state index is -1.91. The highest BCUT2D eigenvalue weighted by molar-refractivity contribution is 5.73. The van der Waals surface area contributed by atoms with E-state index in [0.717, 1.165) is 0 Å². The zero-order valence-corrected chi connectivity index (χ0v) is 35.0. The molecule has 0 bridgehead atoms. The van der Waals surface area contributed by atoms with E-state index in [9.17, 15) is 38.7 Å². The molecule has 0 aromatic rings. The van der Waals surface area contributed by atoms with Gasteiger partial charge in [0.05, 0.1) is 0 Å². The first kappa shape index (κ1) is 50.3. The summed E-state index contributed by atoms with van der Waals surface area (Å²) >= 11 is 0. The fraction of sp³-hybridized carbons (Fsp3) is 0.825. The number of aliphatic hydroxyl groups excluding tert-OH is 1. The first-order valence-electron chi connectivity index (χ1n) is 20.7. The van der Waals surface area contributed by atoms with Crippen LogP contribution in [-0.2, 0) is 80.9 Å². The van der Waals surface area contributed by atoms with E-state index in [1.165, 1.54) is 0 Å². The average molecular weight is 833 g/mol. The van der Waals surface area contributed by atoms with Crippen LogP contribution in [0.4, 0.5) is 0 Å². The standard InChI is InChI=1S/C40H64O18/c1-8-15-26(41)49-22-24-34(35(54-29(44)18-11-4)37(39(48)51-24)56-31(46)20-13-6)58-40-38(57-32(47)21-14-7)36(55-30(45)19-12-5)33(53-28(43)17-10-3)25(52-40)23-50-27(42)16-9-2/h24-25,33-40,48H,8-23H2,1-7H3/t24-,25-,33-,34-,35+,36+,37-,38-,39-,40+/m1/s1. The molecule has 58 heavy (non-hydrogen) atoms. The predicted molar refractivity (Wildman–Crippen MR) is 200 cm³/mol. The van der Waals surface area contributed by atoms with Gasteiger partial charge in [-0.2, -0.15) is 0 Å². The predicted octanol–water partition coefficient (Wildman–Crippen LogP) is 4.06. The largest absolute Gasteiger partial charge is 0.463 e. The van der Waals surface area contributed by atoms with Gasteiger partial charge in [0.15, 0.2) is 43.1 Å². The van der Waals surface area contributed by atoms with Gasteiger partial charge in [-0.05, 0) is 44.9 Å². The average Bonchev–Trinajstić information content (AvgIpc) is 3.15. The summed E-state index contributed by atoms with van der Waals surface area (Å²) in [5.41, 5.74) is 0. The smallest absolute Gasteiger partial charge is 0.306 e. The molecule has 0 aromatic carbocycles. The Balaban J connectivity index is 2.85. The van der Waals surface area contributed by atoms with Gasteiger partial charge in [-0.15, -0.1) is 0 Å². The Morgan fingerprint density at radius 2 is 0.707 bits per heavy atom. The maximum Gasteiger partial charge on any atom is 0.306 e. The second kappa shape index (κ2) is 27.0. The number of carbonyl (C=O) groups is 7. The van der Waals surface area contributed by atoms with E-state index in [-0.39, 0.29) is 44.9 Å². The lowest BCUT2D eigenvalue weighted by Gasteiger charge is -2.48. The first-order valence-corrected chi connectivity index (χ1v) is 20.7. The molecule has 0 spiro atoms. The molecule has 2 rings (SSSR count). The van der Waals surface area contributed by atoms with Crippen molar-refractivity contribution in [1.82, 2.24) is 0 Å². The van der Waals surface area contributed by atoms with Crippen LogP contribution in [0.3, 0.4) is 0 Å². The van der Waals surface area contributed by atoms with Crippen molar-refractivity contribution < 1.29 is 86.0 Å². The molecule has 2 fully saturated rings. The lowest BCUT2D eigenvalue weighted by Crippen LogP contribution is -2.67. The lowest BCUT2D eigenvalue weighted by atomic mass is 9.95. The van der Waals surface area contributed by atoms with Crippen molar-refractivity contribution >= 4 is 41.8 Å². The number of carbonyl (C=O) groups excluding carboxylic acids is 7. The summed E-state index contributed by atoms with van der Waals surface area (Å²) < 4.78 is 58.7. The molecule has 2 aliphatic heterocycles. The molecule has 2 heterocycles. The number of aliphatic hydroxyl groups is 1. The van der Waals surface area contributed by atoms with Gasteiger partial charge in [0.1, 0.15) is 31.5 Å². The van der Waals surface area contributed by atoms with Gasteiger partial charge in [-0.25, -0.2) is 0 Å². The van der Waals surface area contributed by atoms with E-state index in [0.29, 0.717) is 44.9 Å². The zero-order valence-electron chi connectivity index (χ0n) is 35.0. The minimum Gasteiger partial charge on any atom is -0.463 e. The van der Waals surface area contributed by atoms with E-state index < -0.39 is 116 Å². The summed E-state index contributed by atoms with van der Waals surface area (Å²) in [6.45, 7) is 11.1. The summed E-state index contributed by atoms with van der Waals surface area (Å²) in [6.07, 6.45) is -13.8. The minimum absolute atomic E-state index is 0.0372. The van der Waals surface area contributed by atoms with Crippen LogP contribution < -0.4 is 0 Å². The summed E-state index contributed by atoms with van der Waals surface area (Å²) in [7, 11) is 0. The number of ether oxygens (including phenoxy) is 10. The Bertz CT molecular complexity index is 1320. The highest BCUT2D eigenvalue weighted by Crippen LogP contribution is 2.35. The van der Waals surface area contributed by atoms with Crippen LogP contribution in [-0.4, -0.2) is 122 Å². The second-order valence-corrected chi connectivity index (χ2v) is 14.1. The molecule has 10 atom stereocenters. The zero-order chi connectivity index (χ0) is 43.2. The first-order chi connectivity index (χ1) is 27.8. The molecular weight excluding hydrogens is 768 g/mol. The SMILES string of the molecule is CCCC(=O)OC[C@H]1O[C@@H](O)[C@H](OC(=O)CCC)[C@@H](OC(=O)CCC)[C@@H]1O[C@@H]1O[C@H](COC(=O)CCC)[C@@H](OC(=O)CCC)[C@H](OC(=O)CCC)[C@H]1OC(=O)CCC. The molecular formula is C40H64O18. The van der Waals surface area contributed by atoms with Crippen molar-refractivity contribution in [3.63, 3.8) is 0 Å². The maximum absolute atomic E-state index is 13.3. The van der Waals surface area contributed by atoms with Crippen molar-refractivity contribution in [2.24, 2.45) is 0 Å². The summed E-state index contributed by atoms with van der Waals surface area (Å²) in [5.74, 6) is -4.98. The van der Waals surface area contributed by atoms with Crippen LogP contribution in [0, 0.1) is 0 Å². The third kappa shape index (κ3) is 16.4. The Kier molecular flexibility index (Phi) is 23.4. The van der Waals surface area contributed by atoms with Crippen LogP contribution in [0.1, 0.15) is 138 Å². The van der Waals surface area contributed by atoms with Crippen molar-refractivity contribution in [2.75, 3.05) is 13.2 Å². The molecule has 18 nitrogen and oxygen atoms in total. The Morgan fingerprint density at radius 3 is 1.10 bits per heavy atom. The fourth-order valence-electron chi connectivity index (χ4n) is 6.11. The molecule has 18 heteroatoms. The van der Waals surface area contributed by atoms with Crippen LogP contribution in [0.2, 0.25) is 0 Å². The molecule has 0 amide bonds. The third-order valence-corrected chi connectivity index (χ3v) is 8.83. The number of hydrogen-bond donors (Lipinski definition) is 1. The fourth-order valence-corrected chi connectivity index (χ4v) is 6.11. The van der Waals surface area contributed by atoms with E-state index in [1.54, 1.807) is 48.5 Å². The Labute approximate surface area is 340 Å². The second-order valence-electron chi connectivity index (χ2n) is 14.1. The van der Waals surface area contributed by atoms with E-state index in [4.69, 9.17) is 47.4 Å². The van der Waals surface area contributed by atoms with Crippen molar-refractivity contribution in [1.29, 1.82) is 0 Å². The Morgan fingerprint density at radius 1 is 0.397 bits per heavy atom. The van der Waals surface area contributed by atoms with Crippen LogP contribution in [0.15, 0.2) is 0 Å². The quantitative estimate of drug-likeness (QED) is 0.101. The van der Waals surface area contributed by atoms with Gasteiger partial charge in [-0.3, -0.25) is 33.6 Å². The molecule has 2 aliphatic rings. The van der Waals surface area contributed by atoms with E-state index in [2.05, 4.69) is 0 Å². The molecule has 1 N–H and O–H groups in total. The lowest BCUT2D eigenvalue weighted by molar-refractivity contribution is -0.357.